The van der Waals surface area contributed by atoms with E-state index in [2.05, 4.69) is 10.2 Å². The highest BCUT2D eigenvalue weighted by atomic mass is 16.5. The molecule has 2 amide bonds. The second-order valence-electron chi connectivity index (χ2n) is 7.33. The van der Waals surface area contributed by atoms with Crippen molar-refractivity contribution in [3.63, 3.8) is 0 Å². The van der Waals surface area contributed by atoms with Crippen molar-refractivity contribution in [1.29, 1.82) is 0 Å². The van der Waals surface area contributed by atoms with Gasteiger partial charge in [0.2, 0.25) is 5.91 Å². The van der Waals surface area contributed by atoms with Gasteiger partial charge in [0.25, 0.3) is 5.91 Å². The maximum absolute atomic E-state index is 12.9. The summed E-state index contributed by atoms with van der Waals surface area (Å²) >= 11 is 0. The minimum Gasteiger partial charge on any atom is -0.378 e. The van der Waals surface area contributed by atoms with Gasteiger partial charge in [-0.1, -0.05) is 12.1 Å². The molecule has 0 saturated carbocycles. The number of hydrogen-bond donors (Lipinski definition) is 1. The zero-order valence-electron chi connectivity index (χ0n) is 16.3. The summed E-state index contributed by atoms with van der Waals surface area (Å²) < 4.78 is 5.39. The smallest absolute Gasteiger partial charge is 0.256 e. The molecule has 4 rings (SSSR count). The van der Waals surface area contributed by atoms with E-state index in [0.29, 0.717) is 5.69 Å². The monoisotopic (exact) mass is 379 g/mol. The van der Waals surface area contributed by atoms with Crippen LogP contribution in [0.1, 0.15) is 17.5 Å². The maximum Gasteiger partial charge on any atom is 0.256 e. The number of benzene rings is 2. The molecule has 6 heteroatoms. The molecule has 2 aromatic carbocycles. The summed E-state index contributed by atoms with van der Waals surface area (Å²) in [6, 6.07) is 13.2. The van der Waals surface area contributed by atoms with Gasteiger partial charge < -0.3 is 15.0 Å². The average molecular weight is 379 g/mol. The van der Waals surface area contributed by atoms with E-state index in [9.17, 15) is 9.59 Å². The Morgan fingerprint density at radius 3 is 2.43 bits per heavy atom. The molecule has 2 heterocycles. The first-order valence-electron chi connectivity index (χ1n) is 9.67. The largest absolute Gasteiger partial charge is 0.378 e. The lowest BCUT2D eigenvalue weighted by Gasteiger charge is -2.29. The van der Waals surface area contributed by atoms with Crippen molar-refractivity contribution in [3.8, 4) is 0 Å². The Bertz CT molecular complexity index is 888. The third-order valence-electron chi connectivity index (χ3n) is 5.55. The Morgan fingerprint density at radius 2 is 1.71 bits per heavy atom. The third kappa shape index (κ3) is 3.47. The standard InChI is InChI=1S/C22H25N3O3/c1-15-4-3-5-20(16(15)2)25-21(26)14-19(22(25)27)23-17-6-8-18(9-7-17)24-10-12-28-13-11-24/h3-9,19,23H,10-14H2,1-2H3/t19-/m0/s1. The molecule has 0 bridgehead atoms. The number of aryl methyl sites for hydroxylation is 1. The van der Waals surface area contributed by atoms with Gasteiger partial charge in [-0.3, -0.25) is 9.59 Å². The minimum atomic E-state index is -0.540. The quantitative estimate of drug-likeness (QED) is 0.828. The molecule has 0 aliphatic carbocycles. The third-order valence-corrected chi connectivity index (χ3v) is 5.55. The van der Waals surface area contributed by atoms with Crippen molar-refractivity contribution in [1.82, 2.24) is 0 Å². The number of carbonyl (C=O) groups excluding carboxylic acids is 2. The first-order chi connectivity index (χ1) is 13.5. The number of imide groups is 1. The summed E-state index contributed by atoms with van der Waals surface area (Å²) in [5.41, 5.74) is 4.68. The summed E-state index contributed by atoms with van der Waals surface area (Å²) in [6.07, 6.45) is 0.164. The van der Waals surface area contributed by atoms with Crippen LogP contribution >= 0.6 is 0 Å². The Balaban J connectivity index is 1.47. The fourth-order valence-corrected chi connectivity index (χ4v) is 3.77. The van der Waals surface area contributed by atoms with Crippen molar-refractivity contribution < 1.29 is 14.3 Å². The van der Waals surface area contributed by atoms with E-state index < -0.39 is 6.04 Å². The molecule has 1 atom stereocenters. The molecular formula is C22H25N3O3. The van der Waals surface area contributed by atoms with E-state index in [1.165, 1.54) is 4.90 Å². The number of morpholine rings is 1. The number of ether oxygens (including phenoxy) is 1. The molecule has 28 heavy (non-hydrogen) atoms. The normalized spacial score (nSPS) is 20.0. The number of anilines is 3. The second kappa shape index (κ2) is 7.64. The summed E-state index contributed by atoms with van der Waals surface area (Å²) in [6.45, 7) is 7.17. The van der Waals surface area contributed by atoms with Gasteiger partial charge in [0, 0.05) is 24.5 Å². The fourth-order valence-electron chi connectivity index (χ4n) is 3.77. The molecule has 2 fully saturated rings. The van der Waals surface area contributed by atoms with Gasteiger partial charge in [-0.05, 0) is 55.3 Å². The first-order valence-corrected chi connectivity index (χ1v) is 9.67. The van der Waals surface area contributed by atoms with Crippen LogP contribution in [0.3, 0.4) is 0 Å². The van der Waals surface area contributed by atoms with Gasteiger partial charge in [0.15, 0.2) is 0 Å². The molecule has 2 saturated heterocycles. The zero-order chi connectivity index (χ0) is 19.7. The molecular weight excluding hydrogens is 354 g/mol. The van der Waals surface area contributed by atoms with Crippen LogP contribution in [0, 0.1) is 13.8 Å². The van der Waals surface area contributed by atoms with E-state index in [1.54, 1.807) is 0 Å². The summed E-state index contributed by atoms with van der Waals surface area (Å²) in [5.74, 6) is -0.364. The zero-order valence-corrected chi connectivity index (χ0v) is 16.3. The summed E-state index contributed by atoms with van der Waals surface area (Å²) in [5, 5.41) is 3.23. The fraction of sp³-hybridized carbons (Fsp3) is 0.364. The van der Waals surface area contributed by atoms with E-state index in [4.69, 9.17) is 4.74 Å². The Kier molecular flexibility index (Phi) is 5.05. The van der Waals surface area contributed by atoms with Gasteiger partial charge in [-0.15, -0.1) is 0 Å². The van der Waals surface area contributed by atoms with Crippen molar-refractivity contribution in [3.05, 3.63) is 53.6 Å². The van der Waals surface area contributed by atoms with E-state index in [-0.39, 0.29) is 18.2 Å². The molecule has 2 aliphatic heterocycles. The molecule has 6 nitrogen and oxygen atoms in total. The van der Waals surface area contributed by atoms with Crippen LogP contribution in [0.5, 0.6) is 0 Å². The number of nitrogens with zero attached hydrogens (tertiary/aromatic N) is 2. The lowest BCUT2D eigenvalue weighted by Crippen LogP contribution is -2.36. The van der Waals surface area contributed by atoms with Crippen LogP contribution in [-0.4, -0.2) is 44.2 Å². The SMILES string of the molecule is Cc1cccc(N2C(=O)C[C@H](Nc3ccc(N4CCOCC4)cc3)C2=O)c1C. The predicted molar refractivity (Wildman–Crippen MR) is 110 cm³/mol. The molecule has 0 radical (unpaired) electrons. The van der Waals surface area contributed by atoms with Gasteiger partial charge in [0.05, 0.1) is 25.3 Å². The average Bonchev–Trinajstić information content (AvgIpc) is 2.98. The molecule has 0 unspecified atom stereocenters. The van der Waals surface area contributed by atoms with Crippen LogP contribution in [0.25, 0.3) is 0 Å². The molecule has 0 spiro atoms. The van der Waals surface area contributed by atoms with Crippen molar-refractivity contribution in [2.45, 2.75) is 26.3 Å². The van der Waals surface area contributed by atoms with Crippen LogP contribution < -0.4 is 15.1 Å². The lowest BCUT2D eigenvalue weighted by molar-refractivity contribution is -0.121. The molecule has 2 aromatic rings. The van der Waals surface area contributed by atoms with Gasteiger partial charge in [-0.2, -0.15) is 0 Å². The van der Waals surface area contributed by atoms with Crippen LogP contribution in [-0.2, 0) is 14.3 Å². The second-order valence-corrected chi connectivity index (χ2v) is 7.33. The van der Waals surface area contributed by atoms with Crippen molar-refractivity contribution >= 4 is 28.9 Å². The molecule has 1 N–H and O–H groups in total. The number of amides is 2. The van der Waals surface area contributed by atoms with Crippen LogP contribution in [0.4, 0.5) is 17.1 Å². The number of carbonyl (C=O) groups is 2. The Morgan fingerprint density at radius 1 is 1.00 bits per heavy atom. The van der Waals surface area contributed by atoms with E-state index in [0.717, 1.165) is 48.8 Å². The summed E-state index contributed by atoms with van der Waals surface area (Å²) in [4.78, 5) is 29.1. The lowest BCUT2D eigenvalue weighted by atomic mass is 10.1. The number of nitrogens with one attached hydrogen (secondary N) is 1. The minimum absolute atomic E-state index is 0.164. The topological polar surface area (TPSA) is 61.9 Å². The van der Waals surface area contributed by atoms with E-state index in [1.807, 2.05) is 56.3 Å². The maximum atomic E-state index is 12.9. The van der Waals surface area contributed by atoms with Crippen molar-refractivity contribution in [2.75, 3.05) is 41.4 Å². The number of rotatable bonds is 4. The van der Waals surface area contributed by atoms with Crippen molar-refractivity contribution in [2.24, 2.45) is 0 Å². The van der Waals surface area contributed by atoms with Crippen LogP contribution in [0.15, 0.2) is 42.5 Å². The highest BCUT2D eigenvalue weighted by Crippen LogP contribution is 2.29. The van der Waals surface area contributed by atoms with Crippen LogP contribution in [0.2, 0.25) is 0 Å². The highest BCUT2D eigenvalue weighted by molar-refractivity contribution is 6.23. The molecule has 2 aliphatic rings. The van der Waals surface area contributed by atoms with Gasteiger partial charge >= 0.3 is 0 Å². The molecule has 146 valence electrons. The summed E-state index contributed by atoms with van der Waals surface area (Å²) in [7, 11) is 0. The van der Waals surface area contributed by atoms with Gasteiger partial charge in [0.1, 0.15) is 6.04 Å². The van der Waals surface area contributed by atoms with E-state index >= 15 is 0 Å². The first kappa shape index (κ1) is 18.5. The predicted octanol–water partition coefficient (Wildman–Crippen LogP) is 2.88. The molecule has 0 aromatic heterocycles. The Labute approximate surface area is 165 Å². The Hall–Kier alpha value is -2.86. The number of hydrogen-bond acceptors (Lipinski definition) is 5. The highest BCUT2D eigenvalue weighted by Gasteiger charge is 2.40. The van der Waals surface area contributed by atoms with Gasteiger partial charge in [-0.25, -0.2) is 4.90 Å².